The van der Waals surface area contributed by atoms with Crippen LogP contribution in [-0.2, 0) is 4.79 Å². The summed E-state index contributed by atoms with van der Waals surface area (Å²) in [7, 11) is 0. The first-order chi connectivity index (χ1) is 6.74. The lowest BCUT2D eigenvalue weighted by atomic mass is 10.2. The zero-order chi connectivity index (χ0) is 10.4. The van der Waals surface area contributed by atoms with E-state index in [1.807, 2.05) is 37.3 Å². The Morgan fingerprint density at radius 1 is 1.50 bits per heavy atom. The Kier molecular flexibility index (Phi) is 3.73. The number of carboxylic acid groups (broad SMARTS) is 1. The number of allylic oxidation sites excluding steroid dienone is 1. The van der Waals surface area contributed by atoms with Gasteiger partial charge in [0.05, 0.1) is 0 Å². The molecule has 0 radical (unpaired) electrons. The van der Waals surface area contributed by atoms with Gasteiger partial charge < -0.3 is 9.84 Å². The molecule has 0 spiro atoms. The smallest absolute Gasteiger partial charge is 0.341 e. The molecular weight excluding hydrogens is 180 g/mol. The summed E-state index contributed by atoms with van der Waals surface area (Å²) in [4.78, 5) is 10.3. The van der Waals surface area contributed by atoms with Gasteiger partial charge in [0.1, 0.15) is 5.75 Å². The molecule has 1 rings (SSSR count). The van der Waals surface area contributed by atoms with E-state index in [4.69, 9.17) is 9.84 Å². The molecule has 0 aliphatic carbocycles. The minimum absolute atomic E-state index is 0.311. The number of hydrogen-bond acceptors (Lipinski definition) is 2. The highest BCUT2D eigenvalue weighted by molar-refractivity contribution is 5.69. The van der Waals surface area contributed by atoms with Crippen LogP contribution in [0.2, 0.25) is 0 Å². The zero-order valence-electron chi connectivity index (χ0n) is 7.93. The molecule has 0 aliphatic heterocycles. The second-order valence-corrected chi connectivity index (χ2v) is 2.72. The fraction of sp³-hybridized carbons (Fsp3) is 0.182. The fourth-order valence-electron chi connectivity index (χ4n) is 1.07. The van der Waals surface area contributed by atoms with E-state index in [2.05, 4.69) is 0 Å². The van der Waals surface area contributed by atoms with Crippen molar-refractivity contribution in [2.24, 2.45) is 0 Å². The van der Waals surface area contributed by atoms with E-state index >= 15 is 0 Å². The molecule has 0 saturated heterocycles. The van der Waals surface area contributed by atoms with Gasteiger partial charge >= 0.3 is 5.97 Å². The number of aliphatic carboxylic acids is 1. The second kappa shape index (κ2) is 5.07. The molecule has 0 atom stereocenters. The number of hydrogen-bond donors (Lipinski definition) is 1. The van der Waals surface area contributed by atoms with Gasteiger partial charge in [0.25, 0.3) is 0 Å². The first-order valence-corrected chi connectivity index (χ1v) is 4.30. The van der Waals surface area contributed by atoms with Gasteiger partial charge in [-0.25, -0.2) is 4.79 Å². The summed E-state index contributed by atoms with van der Waals surface area (Å²) in [5.74, 6) is -0.381. The van der Waals surface area contributed by atoms with Crippen LogP contribution >= 0.6 is 0 Å². The van der Waals surface area contributed by atoms with Crippen molar-refractivity contribution in [2.45, 2.75) is 6.92 Å². The van der Waals surface area contributed by atoms with Crippen molar-refractivity contribution in [3.8, 4) is 5.75 Å². The summed E-state index contributed by atoms with van der Waals surface area (Å²) in [6, 6.07) is 7.31. The van der Waals surface area contributed by atoms with Gasteiger partial charge in [-0.1, -0.05) is 30.4 Å². The first-order valence-electron chi connectivity index (χ1n) is 4.30. The normalized spacial score (nSPS) is 10.4. The maximum atomic E-state index is 10.3. The van der Waals surface area contributed by atoms with Gasteiger partial charge in [-0.2, -0.15) is 0 Å². The van der Waals surface area contributed by atoms with Crippen LogP contribution in [0, 0.1) is 0 Å². The largest absolute Gasteiger partial charge is 0.481 e. The van der Waals surface area contributed by atoms with Gasteiger partial charge in [-0.05, 0) is 13.0 Å². The van der Waals surface area contributed by atoms with E-state index in [0.717, 1.165) is 5.56 Å². The van der Waals surface area contributed by atoms with Crippen LogP contribution in [0.4, 0.5) is 0 Å². The zero-order valence-corrected chi connectivity index (χ0v) is 7.93. The average molecular weight is 192 g/mol. The highest BCUT2D eigenvalue weighted by Gasteiger charge is 2.01. The monoisotopic (exact) mass is 192 g/mol. The Morgan fingerprint density at radius 2 is 2.21 bits per heavy atom. The molecule has 0 unspecified atom stereocenters. The van der Waals surface area contributed by atoms with Crippen LogP contribution in [-0.4, -0.2) is 17.7 Å². The van der Waals surface area contributed by atoms with E-state index < -0.39 is 5.97 Å². The van der Waals surface area contributed by atoms with Gasteiger partial charge in [-0.15, -0.1) is 0 Å². The Balaban J connectivity index is 2.79. The predicted molar refractivity (Wildman–Crippen MR) is 54.3 cm³/mol. The van der Waals surface area contributed by atoms with Crippen LogP contribution in [0.25, 0.3) is 6.08 Å². The Bertz CT molecular complexity index is 342. The molecule has 0 fully saturated rings. The van der Waals surface area contributed by atoms with Crippen molar-refractivity contribution in [1.29, 1.82) is 0 Å². The molecular formula is C11H12O3. The Labute approximate surface area is 82.6 Å². The molecule has 14 heavy (non-hydrogen) atoms. The van der Waals surface area contributed by atoms with Crippen LogP contribution in [0.5, 0.6) is 5.75 Å². The third-order valence-electron chi connectivity index (χ3n) is 1.62. The van der Waals surface area contributed by atoms with Gasteiger partial charge in [0.15, 0.2) is 6.61 Å². The number of benzene rings is 1. The standard InChI is InChI=1S/C11H12O3/c1-2-5-9-6-3-4-7-10(9)14-8-11(12)13/h2-7H,8H2,1H3,(H,12,13)/b5-2+. The SMILES string of the molecule is C/C=C/c1ccccc1OCC(=O)O. The number of carboxylic acids is 1. The van der Waals surface area contributed by atoms with Gasteiger partial charge in [-0.3, -0.25) is 0 Å². The quantitative estimate of drug-likeness (QED) is 0.795. The van der Waals surface area contributed by atoms with Crippen molar-refractivity contribution >= 4 is 12.0 Å². The van der Waals surface area contributed by atoms with Crippen molar-refractivity contribution in [1.82, 2.24) is 0 Å². The van der Waals surface area contributed by atoms with E-state index in [9.17, 15) is 4.79 Å². The second-order valence-electron chi connectivity index (χ2n) is 2.72. The summed E-state index contributed by atoms with van der Waals surface area (Å²) in [6.07, 6.45) is 3.75. The van der Waals surface area contributed by atoms with Crippen molar-refractivity contribution in [3.63, 3.8) is 0 Å². The lowest BCUT2D eigenvalue weighted by Crippen LogP contribution is -2.09. The summed E-state index contributed by atoms with van der Waals surface area (Å²) in [5, 5.41) is 8.45. The summed E-state index contributed by atoms with van der Waals surface area (Å²) in [5.41, 5.74) is 0.885. The number of rotatable bonds is 4. The number of carbonyl (C=O) groups is 1. The molecule has 0 bridgehead atoms. The highest BCUT2D eigenvalue weighted by atomic mass is 16.5. The van der Waals surface area contributed by atoms with E-state index in [0.29, 0.717) is 5.75 Å². The van der Waals surface area contributed by atoms with Gasteiger partial charge in [0.2, 0.25) is 0 Å². The molecule has 0 amide bonds. The Morgan fingerprint density at radius 3 is 2.86 bits per heavy atom. The maximum Gasteiger partial charge on any atom is 0.341 e. The van der Waals surface area contributed by atoms with Crippen LogP contribution < -0.4 is 4.74 Å². The van der Waals surface area contributed by atoms with E-state index in [1.54, 1.807) is 6.07 Å². The van der Waals surface area contributed by atoms with Crippen LogP contribution in [0.3, 0.4) is 0 Å². The number of ether oxygens (including phenoxy) is 1. The highest BCUT2D eigenvalue weighted by Crippen LogP contribution is 2.19. The topological polar surface area (TPSA) is 46.5 Å². The maximum absolute atomic E-state index is 10.3. The molecule has 0 aliphatic rings. The average Bonchev–Trinajstić information content (AvgIpc) is 2.17. The molecule has 1 aromatic rings. The molecule has 0 aromatic heterocycles. The van der Waals surface area contributed by atoms with Crippen LogP contribution in [0.15, 0.2) is 30.3 Å². The molecule has 0 saturated carbocycles. The van der Waals surface area contributed by atoms with Crippen molar-refractivity contribution in [3.05, 3.63) is 35.9 Å². The summed E-state index contributed by atoms with van der Waals surface area (Å²) >= 11 is 0. The van der Waals surface area contributed by atoms with Gasteiger partial charge in [0, 0.05) is 5.56 Å². The molecule has 3 nitrogen and oxygen atoms in total. The van der Waals surface area contributed by atoms with Crippen molar-refractivity contribution < 1.29 is 14.6 Å². The van der Waals surface area contributed by atoms with Crippen LogP contribution in [0.1, 0.15) is 12.5 Å². The predicted octanol–water partition coefficient (Wildman–Crippen LogP) is 2.18. The number of para-hydroxylation sites is 1. The summed E-state index contributed by atoms with van der Waals surface area (Å²) in [6.45, 7) is 1.59. The lowest BCUT2D eigenvalue weighted by Gasteiger charge is -2.05. The lowest BCUT2D eigenvalue weighted by molar-refractivity contribution is -0.139. The fourth-order valence-corrected chi connectivity index (χ4v) is 1.07. The third kappa shape index (κ3) is 2.94. The minimum atomic E-state index is -0.972. The Hall–Kier alpha value is -1.77. The first kappa shape index (κ1) is 10.3. The van der Waals surface area contributed by atoms with Crippen molar-refractivity contribution in [2.75, 3.05) is 6.61 Å². The minimum Gasteiger partial charge on any atom is -0.481 e. The molecule has 0 heterocycles. The summed E-state index contributed by atoms with van der Waals surface area (Å²) < 4.78 is 5.10. The third-order valence-corrected chi connectivity index (χ3v) is 1.62. The molecule has 3 heteroatoms. The molecule has 1 N–H and O–H groups in total. The molecule has 74 valence electrons. The van der Waals surface area contributed by atoms with E-state index in [-0.39, 0.29) is 6.61 Å². The van der Waals surface area contributed by atoms with E-state index in [1.165, 1.54) is 0 Å². The molecule has 1 aromatic carbocycles.